The quantitative estimate of drug-likeness (QED) is 0.347. The van der Waals surface area contributed by atoms with Gasteiger partial charge in [-0.05, 0) is 24.3 Å². The average molecular weight is 372 g/mol. The molecule has 0 unspecified atom stereocenters. The van der Waals surface area contributed by atoms with Crippen LogP contribution in [0.2, 0.25) is 15.1 Å². The number of amides is 1. The maximum absolute atomic E-state index is 11.9. The van der Waals surface area contributed by atoms with Gasteiger partial charge in [-0.3, -0.25) is 14.9 Å². The number of carbonyl (C=O) groups excluding carboxylic acids is 1. The summed E-state index contributed by atoms with van der Waals surface area (Å²) in [6.45, 7) is 0. The Morgan fingerprint density at radius 1 is 1.09 bits per heavy atom. The van der Waals surface area contributed by atoms with Crippen LogP contribution in [-0.2, 0) is 4.79 Å². The molecule has 0 aliphatic heterocycles. The van der Waals surface area contributed by atoms with Crippen LogP contribution >= 0.6 is 34.8 Å². The van der Waals surface area contributed by atoms with Gasteiger partial charge in [0.25, 0.3) is 5.69 Å². The maximum Gasteiger partial charge on any atom is 0.276 e. The lowest BCUT2D eigenvalue weighted by atomic mass is 10.1. The SMILES string of the molecule is O=C(C=Cc1ccccc1[N+](=O)[O-])Nc1cc(Cl)c(Cl)cc1Cl. The van der Waals surface area contributed by atoms with E-state index in [0.29, 0.717) is 11.3 Å². The molecule has 0 fully saturated rings. The Morgan fingerprint density at radius 3 is 2.43 bits per heavy atom. The van der Waals surface area contributed by atoms with Gasteiger partial charge < -0.3 is 5.32 Å². The minimum absolute atomic E-state index is 0.0934. The molecule has 0 aromatic heterocycles. The molecular formula is C15H9Cl3N2O3. The van der Waals surface area contributed by atoms with Crippen molar-refractivity contribution in [1.82, 2.24) is 0 Å². The third-order valence-corrected chi connectivity index (χ3v) is 3.85. The number of nitro groups is 1. The first-order valence-electron chi connectivity index (χ1n) is 6.25. The zero-order valence-corrected chi connectivity index (χ0v) is 13.7. The fourth-order valence-electron chi connectivity index (χ4n) is 1.75. The molecule has 2 aromatic carbocycles. The largest absolute Gasteiger partial charge is 0.321 e. The first-order chi connectivity index (χ1) is 10.9. The number of nitro benzene ring substituents is 1. The van der Waals surface area contributed by atoms with Crippen molar-refractivity contribution in [3.05, 3.63) is 73.2 Å². The summed E-state index contributed by atoms with van der Waals surface area (Å²) in [5.41, 5.74) is 0.510. The van der Waals surface area contributed by atoms with Gasteiger partial charge in [-0.1, -0.05) is 46.9 Å². The first kappa shape index (κ1) is 17.3. The molecule has 0 bridgehead atoms. The maximum atomic E-state index is 11.9. The summed E-state index contributed by atoms with van der Waals surface area (Å²) < 4.78 is 0. The van der Waals surface area contributed by atoms with Crippen molar-refractivity contribution in [2.75, 3.05) is 5.32 Å². The van der Waals surface area contributed by atoms with Crippen molar-refractivity contribution >= 4 is 58.2 Å². The Bertz CT molecular complexity index is 807. The monoisotopic (exact) mass is 370 g/mol. The standard InChI is InChI=1S/C15H9Cl3N2O3/c16-10-7-12(18)13(8-11(10)17)19-15(21)6-5-9-3-1-2-4-14(9)20(22)23/h1-8H,(H,19,21). The van der Waals surface area contributed by atoms with Gasteiger partial charge in [-0.25, -0.2) is 0 Å². The highest BCUT2D eigenvalue weighted by atomic mass is 35.5. The summed E-state index contributed by atoms with van der Waals surface area (Å²) in [6.07, 6.45) is 2.51. The van der Waals surface area contributed by atoms with E-state index in [9.17, 15) is 14.9 Å². The van der Waals surface area contributed by atoms with E-state index in [1.165, 1.54) is 36.4 Å². The van der Waals surface area contributed by atoms with Gasteiger partial charge in [0.2, 0.25) is 5.91 Å². The number of hydrogen-bond donors (Lipinski definition) is 1. The number of carbonyl (C=O) groups is 1. The van der Waals surface area contributed by atoms with E-state index in [2.05, 4.69) is 5.32 Å². The molecule has 0 aliphatic carbocycles. The third kappa shape index (κ3) is 4.45. The Labute approximate surface area is 146 Å². The second-order valence-electron chi connectivity index (χ2n) is 4.38. The molecule has 2 rings (SSSR count). The number of halogens is 3. The number of nitrogens with zero attached hydrogens (tertiary/aromatic N) is 1. The molecule has 2 aromatic rings. The van der Waals surface area contributed by atoms with E-state index in [0.717, 1.165) is 0 Å². The highest BCUT2D eigenvalue weighted by Crippen LogP contribution is 2.32. The number of hydrogen-bond acceptors (Lipinski definition) is 3. The molecule has 5 nitrogen and oxygen atoms in total. The van der Waals surface area contributed by atoms with Crippen molar-refractivity contribution in [3.8, 4) is 0 Å². The van der Waals surface area contributed by atoms with Crippen molar-refractivity contribution in [2.45, 2.75) is 0 Å². The lowest BCUT2D eigenvalue weighted by molar-refractivity contribution is -0.385. The summed E-state index contributed by atoms with van der Waals surface area (Å²) >= 11 is 17.6. The van der Waals surface area contributed by atoms with Crippen LogP contribution in [0.5, 0.6) is 0 Å². The molecule has 0 radical (unpaired) electrons. The highest BCUT2D eigenvalue weighted by Gasteiger charge is 2.11. The molecule has 1 N–H and O–H groups in total. The minimum Gasteiger partial charge on any atom is -0.321 e. The van der Waals surface area contributed by atoms with Crippen LogP contribution in [0.4, 0.5) is 11.4 Å². The lowest BCUT2D eigenvalue weighted by Crippen LogP contribution is -2.08. The van der Waals surface area contributed by atoms with Crippen molar-refractivity contribution in [1.29, 1.82) is 0 Å². The molecule has 23 heavy (non-hydrogen) atoms. The number of rotatable bonds is 4. The Hall–Kier alpha value is -2.08. The minimum atomic E-state index is -0.520. The molecule has 0 saturated carbocycles. The zero-order valence-electron chi connectivity index (χ0n) is 11.4. The van der Waals surface area contributed by atoms with Gasteiger partial charge in [0, 0.05) is 12.1 Å². The number of anilines is 1. The molecule has 8 heteroatoms. The van der Waals surface area contributed by atoms with Crippen LogP contribution in [0.1, 0.15) is 5.56 Å². The number of nitrogens with one attached hydrogen (secondary N) is 1. The van der Waals surface area contributed by atoms with E-state index >= 15 is 0 Å². The van der Waals surface area contributed by atoms with Gasteiger partial charge in [0.15, 0.2) is 0 Å². The summed E-state index contributed by atoms with van der Waals surface area (Å²) in [4.78, 5) is 22.3. The summed E-state index contributed by atoms with van der Waals surface area (Å²) in [5, 5.41) is 14.2. The first-order valence-corrected chi connectivity index (χ1v) is 7.39. The van der Waals surface area contributed by atoms with Crippen LogP contribution in [-0.4, -0.2) is 10.8 Å². The molecule has 0 aliphatic rings. The van der Waals surface area contributed by atoms with E-state index < -0.39 is 10.8 Å². The topological polar surface area (TPSA) is 72.2 Å². The predicted octanol–water partition coefficient (Wildman–Crippen LogP) is 5.21. The summed E-state index contributed by atoms with van der Waals surface area (Å²) in [7, 11) is 0. The molecule has 1 amide bonds. The Morgan fingerprint density at radius 2 is 1.74 bits per heavy atom. The van der Waals surface area contributed by atoms with Crippen molar-refractivity contribution < 1.29 is 9.72 Å². The summed E-state index contributed by atoms with van der Waals surface area (Å²) in [5.74, 6) is -0.511. The highest BCUT2D eigenvalue weighted by molar-refractivity contribution is 6.44. The molecule has 0 heterocycles. The number of benzene rings is 2. The van der Waals surface area contributed by atoms with Crippen LogP contribution < -0.4 is 5.32 Å². The lowest BCUT2D eigenvalue weighted by Gasteiger charge is -2.06. The van der Waals surface area contributed by atoms with E-state index in [-0.39, 0.29) is 20.8 Å². The van der Waals surface area contributed by atoms with Gasteiger partial charge in [0.1, 0.15) is 0 Å². The fourth-order valence-corrected chi connectivity index (χ4v) is 2.35. The van der Waals surface area contributed by atoms with Crippen molar-refractivity contribution in [3.63, 3.8) is 0 Å². The van der Waals surface area contributed by atoms with E-state index in [1.807, 2.05) is 0 Å². The average Bonchev–Trinajstić information content (AvgIpc) is 2.50. The second-order valence-corrected chi connectivity index (χ2v) is 5.61. The van der Waals surface area contributed by atoms with Crippen LogP contribution in [0.3, 0.4) is 0 Å². The van der Waals surface area contributed by atoms with Gasteiger partial charge >= 0.3 is 0 Å². The van der Waals surface area contributed by atoms with Gasteiger partial charge in [-0.2, -0.15) is 0 Å². The van der Waals surface area contributed by atoms with E-state index in [1.54, 1.807) is 12.1 Å². The molecule has 0 saturated heterocycles. The molecular weight excluding hydrogens is 363 g/mol. The molecule has 118 valence electrons. The predicted molar refractivity (Wildman–Crippen MR) is 92.2 cm³/mol. The Balaban J connectivity index is 2.17. The van der Waals surface area contributed by atoms with Crippen LogP contribution in [0.25, 0.3) is 6.08 Å². The summed E-state index contributed by atoms with van der Waals surface area (Å²) in [6, 6.07) is 8.91. The molecule has 0 atom stereocenters. The smallest absolute Gasteiger partial charge is 0.276 e. The van der Waals surface area contributed by atoms with Gasteiger partial charge in [-0.15, -0.1) is 0 Å². The number of para-hydroxylation sites is 1. The van der Waals surface area contributed by atoms with Crippen LogP contribution in [0, 0.1) is 10.1 Å². The normalized spacial score (nSPS) is 10.7. The Kier molecular flexibility index (Phi) is 5.60. The van der Waals surface area contributed by atoms with E-state index in [4.69, 9.17) is 34.8 Å². The second kappa shape index (κ2) is 7.46. The fraction of sp³-hybridized carbons (Fsp3) is 0. The van der Waals surface area contributed by atoms with Crippen LogP contribution in [0.15, 0.2) is 42.5 Å². The van der Waals surface area contributed by atoms with Crippen molar-refractivity contribution in [2.24, 2.45) is 0 Å². The third-order valence-electron chi connectivity index (χ3n) is 2.82. The molecule has 0 spiro atoms. The zero-order chi connectivity index (χ0) is 17.0. The van der Waals surface area contributed by atoms with Gasteiger partial charge in [0.05, 0.1) is 31.2 Å².